The van der Waals surface area contributed by atoms with Gasteiger partial charge in [-0.1, -0.05) is 29.8 Å². The van der Waals surface area contributed by atoms with Crippen molar-refractivity contribution in [1.82, 2.24) is 0 Å². The van der Waals surface area contributed by atoms with Crippen LogP contribution in [0, 0.1) is 0 Å². The maximum Gasteiger partial charge on any atom is 0.342 e. The van der Waals surface area contributed by atoms with Crippen LogP contribution in [0.25, 0.3) is 0 Å². The van der Waals surface area contributed by atoms with Crippen LogP contribution in [0.1, 0.15) is 29.8 Å². The highest BCUT2D eigenvalue weighted by Crippen LogP contribution is 2.32. The van der Waals surface area contributed by atoms with Crippen LogP contribution in [0.3, 0.4) is 0 Å². The standard InChI is InChI=1S/C19H18ClNO4/c1-11-9-13-5-3-4-6-16(13)21(11)18(23)12(2)25-19(24)15-10-14(20)7-8-17(15)22/h3-8,10-12,22H,9H2,1-2H3/t11-,12-/m1/s1. The lowest BCUT2D eigenvalue weighted by molar-refractivity contribution is -0.126. The van der Waals surface area contributed by atoms with Crippen molar-refractivity contribution < 1.29 is 19.4 Å². The Hall–Kier alpha value is -2.53. The van der Waals surface area contributed by atoms with E-state index in [-0.39, 0.29) is 23.3 Å². The van der Waals surface area contributed by atoms with E-state index in [4.69, 9.17) is 16.3 Å². The summed E-state index contributed by atoms with van der Waals surface area (Å²) in [7, 11) is 0. The molecule has 1 N–H and O–H groups in total. The summed E-state index contributed by atoms with van der Waals surface area (Å²) < 4.78 is 5.26. The summed E-state index contributed by atoms with van der Waals surface area (Å²) >= 11 is 5.84. The van der Waals surface area contributed by atoms with Gasteiger partial charge in [-0.05, 0) is 50.1 Å². The lowest BCUT2D eigenvalue weighted by atomic mass is 10.1. The molecule has 1 amide bonds. The second-order valence-corrected chi connectivity index (χ2v) is 6.54. The molecule has 0 fully saturated rings. The first kappa shape index (κ1) is 17.3. The van der Waals surface area contributed by atoms with E-state index in [0.29, 0.717) is 5.02 Å². The van der Waals surface area contributed by atoms with Gasteiger partial charge in [0.25, 0.3) is 5.91 Å². The first-order valence-electron chi connectivity index (χ1n) is 7.99. The zero-order valence-corrected chi connectivity index (χ0v) is 14.7. The minimum absolute atomic E-state index is 0.00868. The number of rotatable bonds is 3. The Morgan fingerprint density at radius 1 is 1.28 bits per heavy atom. The molecule has 1 aliphatic rings. The molecule has 0 radical (unpaired) electrons. The summed E-state index contributed by atoms with van der Waals surface area (Å²) in [5.74, 6) is -1.33. The minimum atomic E-state index is -0.987. The smallest absolute Gasteiger partial charge is 0.342 e. The molecule has 130 valence electrons. The fourth-order valence-electron chi connectivity index (χ4n) is 3.04. The summed E-state index contributed by atoms with van der Waals surface area (Å²) in [4.78, 5) is 26.7. The van der Waals surface area contributed by atoms with Crippen LogP contribution >= 0.6 is 11.6 Å². The number of hydrogen-bond donors (Lipinski definition) is 1. The van der Waals surface area contributed by atoms with Crippen LogP contribution in [0.4, 0.5) is 5.69 Å². The number of halogens is 1. The number of aromatic hydroxyl groups is 1. The molecule has 0 spiro atoms. The van der Waals surface area contributed by atoms with Crippen molar-refractivity contribution in [2.24, 2.45) is 0 Å². The topological polar surface area (TPSA) is 66.8 Å². The van der Waals surface area contributed by atoms with Crippen molar-refractivity contribution in [2.45, 2.75) is 32.4 Å². The fourth-order valence-corrected chi connectivity index (χ4v) is 3.22. The molecule has 1 heterocycles. The number of amides is 1. The molecule has 0 saturated heterocycles. The lowest BCUT2D eigenvalue weighted by Gasteiger charge is -2.26. The molecule has 0 unspecified atom stereocenters. The first-order chi connectivity index (χ1) is 11.9. The Morgan fingerprint density at radius 2 is 2.00 bits per heavy atom. The number of nitrogens with zero attached hydrogens (tertiary/aromatic N) is 1. The van der Waals surface area contributed by atoms with Gasteiger partial charge in [0, 0.05) is 16.8 Å². The summed E-state index contributed by atoms with van der Waals surface area (Å²) in [5, 5.41) is 10.1. The monoisotopic (exact) mass is 359 g/mol. The van der Waals surface area contributed by atoms with E-state index >= 15 is 0 Å². The van der Waals surface area contributed by atoms with Crippen molar-refractivity contribution in [2.75, 3.05) is 4.90 Å². The summed E-state index contributed by atoms with van der Waals surface area (Å²) in [6.07, 6.45) is -0.225. The summed E-state index contributed by atoms with van der Waals surface area (Å²) in [5.41, 5.74) is 1.87. The molecule has 6 heteroatoms. The number of phenols is 1. The fraction of sp³-hybridized carbons (Fsp3) is 0.263. The second kappa shape index (κ2) is 6.76. The zero-order valence-electron chi connectivity index (χ0n) is 13.9. The van der Waals surface area contributed by atoms with Gasteiger partial charge in [-0.25, -0.2) is 4.79 Å². The van der Waals surface area contributed by atoms with E-state index in [1.807, 2.05) is 31.2 Å². The second-order valence-electron chi connectivity index (χ2n) is 6.10. The minimum Gasteiger partial charge on any atom is -0.507 e. The van der Waals surface area contributed by atoms with Gasteiger partial charge in [-0.15, -0.1) is 0 Å². The number of fused-ring (bicyclic) bond motifs is 1. The highest BCUT2D eigenvalue weighted by molar-refractivity contribution is 6.31. The molecule has 3 rings (SSSR count). The molecule has 0 saturated carbocycles. The van der Waals surface area contributed by atoms with Gasteiger partial charge in [0.1, 0.15) is 11.3 Å². The van der Waals surface area contributed by atoms with Gasteiger partial charge >= 0.3 is 5.97 Å². The number of benzene rings is 2. The van der Waals surface area contributed by atoms with Gasteiger partial charge in [-0.2, -0.15) is 0 Å². The van der Waals surface area contributed by atoms with Crippen molar-refractivity contribution >= 4 is 29.2 Å². The molecule has 2 aromatic rings. The molecule has 5 nitrogen and oxygen atoms in total. The first-order valence-corrected chi connectivity index (χ1v) is 8.36. The number of ether oxygens (including phenoxy) is 1. The van der Waals surface area contributed by atoms with Crippen LogP contribution in [0.5, 0.6) is 5.75 Å². The quantitative estimate of drug-likeness (QED) is 0.851. The molecular formula is C19H18ClNO4. The third kappa shape index (κ3) is 3.33. The molecular weight excluding hydrogens is 342 g/mol. The Morgan fingerprint density at radius 3 is 2.76 bits per heavy atom. The third-order valence-electron chi connectivity index (χ3n) is 4.25. The Bertz CT molecular complexity index is 836. The maximum atomic E-state index is 12.8. The van der Waals surface area contributed by atoms with E-state index in [1.54, 1.807) is 4.90 Å². The Labute approximate surface area is 150 Å². The number of anilines is 1. The number of hydrogen-bond acceptors (Lipinski definition) is 4. The van der Waals surface area contributed by atoms with E-state index in [2.05, 4.69) is 0 Å². The van der Waals surface area contributed by atoms with E-state index in [0.717, 1.165) is 17.7 Å². The average molecular weight is 360 g/mol. The predicted octanol–water partition coefficient (Wildman–Crippen LogP) is 3.57. The van der Waals surface area contributed by atoms with E-state index in [1.165, 1.54) is 25.1 Å². The number of para-hydroxylation sites is 1. The molecule has 2 aromatic carbocycles. The zero-order chi connectivity index (χ0) is 18.1. The van der Waals surface area contributed by atoms with Crippen molar-refractivity contribution in [1.29, 1.82) is 0 Å². The van der Waals surface area contributed by atoms with Crippen LogP contribution in [-0.2, 0) is 16.0 Å². The van der Waals surface area contributed by atoms with Gasteiger partial charge in [0.05, 0.1) is 0 Å². The van der Waals surface area contributed by atoms with Gasteiger partial charge in [-0.3, -0.25) is 4.79 Å². The Kier molecular flexibility index (Phi) is 4.68. The van der Waals surface area contributed by atoms with Crippen LogP contribution in [0.2, 0.25) is 5.02 Å². The van der Waals surface area contributed by atoms with Crippen molar-refractivity contribution in [3.05, 3.63) is 58.6 Å². The molecule has 0 aromatic heterocycles. The largest absolute Gasteiger partial charge is 0.507 e. The molecule has 0 aliphatic carbocycles. The highest BCUT2D eigenvalue weighted by atomic mass is 35.5. The van der Waals surface area contributed by atoms with Crippen LogP contribution in [0.15, 0.2) is 42.5 Å². The Balaban J connectivity index is 1.77. The number of phenolic OH excluding ortho intramolecular Hbond substituents is 1. The van der Waals surface area contributed by atoms with Crippen LogP contribution in [-0.4, -0.2) is 29.1 Å². The van der Waals surface area contributed by atoms with Crippen molar-refractivity contribution in [3.63, 3.8) is 0 Å². The molecule has 25 heavy (non-hydrogen) atoms. The number of esters is 1. The molecule has 0 bridgehead atoms. The van der Waals surface area contributed by atoms with Gasteiger partial charge in [0.2, 0.25) is 0 Å². The van der Waals surface area contributed by atoms with E-state index < -0.39 is 12.1 Å². The van der Waals surface area contributed by atoms with Gasteiger partial charge in [0.15, 0.2) is 6.10 Å². The van der Waals surface area contributed by atoms with Crippen LogP contribution < -0.4 is 4.90 Å². The summed E-state index contributed by atoms with van der Waals surface area (Å²) in [6, 6.07) is 11.8. The molecule has 1 aliphatic heterocycles. The predicted molar refractivity (Wildman–Crippen MR) is 95.1 cm³/mol. The third-order valence-corrected chi connectivity index (χ3v) is 4.49. The van der Waals surface area contributed by atoms with E-state index in [9.17, 15) is 14.7 Å². The SMILES string of the molecule is C[C@@H]1Cc2ccccc2N1C(=O)[C@@H](C)OC(=O)c1cc(Cl)ccc1O. The number of carbonyl (C=O) groups excluding carboxylic acids is 2. The average Bonchev–Trinajstić information content (AvgIpc) is 2.91. The summed E-state index contributed by atoms with van der Waals surface area (Å²) in [6.45, 7) is 3.48. The highest BCUT2D eigenvalue weighted by Gasteiger charge is 2.34. The van der Waals surface area contributed by atoms with Gasteiger partial charge < -0.3 is 14.7 Å². The number of carbonyl (C=O) groups is 2. The molecule has 2 atom stereocenters. The maximum absolute atomic E-state index is 12.8. The lowest BCUT2D eigenvalue weighted by Crippen LogP contribution is -2.43. The van der Waals surface area contributed by atoms with Crippen molar-refractivity contribution in [3.8, 4) is 5.75 Å². The normalized spacial score (nSPS) is 17.1.